The largest absolute Gasteiger partial charge is 0.298 e. The van der Waals surface area contributed by atoms with Gasteiger partial charge in [0.2, 0.25) is 0 Å². The summed E-state index contributed by atoms with van der Waals surface area (Å²) in [4.78, 5) is 13.8. The van der Waals surface area contributed by atoms with Crippen molar-refractivity contribution >= 4 is 5.78 Å². The molecule has 0 aliphatic carbocycles. The van der Waals surface area contributed by atoms with Crippen molar-refractivity contribution in [3.8, 4) is 0 Å². The van der Waals surface area contributed by atoms with E-state index in [9.17, 15) is 4.79 Å². The molecule has 2 heteroatoms. The Bertz CT molecular complexity index is 319. The molecule has 0 aliphatic rings. The van der Waals surface area contributed by atoms with Crippen LogP contribution in [0.1, 0.15) is 26.3 Å². The van der Waals surface area contributed by atoms with Crippen molar-refractivity contribution in [3.63, 3.8) is 0 Å². The number of benzene rings is 1. The van der Waals surface area contributed by atoms with Crippen LogP contribution in [-0.2, 0) is 11.3 Å². The topological polar surface area (TPSA) is 20.3 Å². The van der Waals surface area contributed by atoms with Gasteiger partial charge in [-0.05, 0) is 12.1 Å². The first-order chi connectivity index (χ1) is 7.63. The van der Waals surface area contributed by atoms with E-state index in [0.29, 0.717) is 12.3 Å². The fraction of sp³-hybridized carbons (Fsp3) is 0.500. The molecule has 16 heavy (non-hydrogen) atoms. The first kappa shape index (κ1) is 12.9. The van der Waals surface area contributed by atoms with Crippen LogP contribution in [0.5, 0.6) is 0 Å². The van der Waals surface area contributed by atoms with Crippen LogP contribution in [0, 0.1) is 5.92 Å². The molecule has 88 valence electrons. The highest BCUT2D eigenvalue weighted by Gasteiger charge is 2.12. The first-order valence-electron chi connectivity index (χ1n) is 5.92. The van der Waals surface area contributed by atoms with E-state index < -0.39 is 0 Å². The van der Waals surface area contributed by atoms with Gasteiger partial charge in [-0.15, -0.1) is 0 Å². The van der Waals surface area contributed by atoms with Gasteiger partial charge in [0.05, 0.1) is 6.54 Å². The van der Waals surface area contributed by atoms with Crippen molar-refractivity contribution in [1.82, 2.24) is 4.90 Å². The molecule has 0 unspecified atom stereocenters. The summed E-state index contributed by atoms with van der Waals surface area (Å²) in [5.74, 6) is 0.447. The SMILES string of the molecule is CCN(CC(=O)C(C)C)Cc1ccccc1. The molecular formula is C14H21NO. The molecule has 0 heterocycles. The van der Waals surface area contributed by atoms with Crippen molar-refractivity contribution in [2.24, 2.45) is 5.92 Å². The maximum atomic E-state index is 11.7. The van der Waals surface area contributed by atoms with Crippen molar-refractivity contribution < 1.29 is 4.79 Å². The van der Waals surface area contributed by atoms with Crippen LogP contribution in [0.15, 0.2) is 30.3 Å². The van der Waals surface area contributed by atoms with Gasteiger partial charge in [-0.3, -0.25) is 9.69 Å². The third kappa shape index (κ3) is 4.15. The lowest BCUT2D eigenvalue weighted by molar-refractivity contribution is -0.123. The van der Waals surface area contributed by atoms with E-state index in [1.165, 1.54) is 5.56 Å². The number of carbonyl (C=O) groups excluding carboxylic acids is 1. The monoisotopic (exact) mass is 219 g/mol. The maximum absolute atomic E-state index is 11.7. The molecule has 0 radical (unpaired) electrons. The molecule has 0 amide bonds. The second-order valence-electron chi connectivity index (χ2n) is 4.41. The molecule has 0 saturated heterocycles. The second-order valence-corrected chi connectivity index (χ2v) is 4.41. The summed E-state index contributed by atoms with van der Waals surface area (Å²) in [5, 5.41) is 0. The minimum absolute atomic E-state index is 0.129. The van der Waals surface area contributed by atoms with Gasteiger partial charge in [0.1, 0.15) is 5.78 Å². The number of carbonyl (C=O) groups is 1. The van der Waals surface area contributed by atoms with E-state index in [4.69, 9.17) is 0 Å². The fourth-order valence-corrected chi connectivity index (χ4v) is 1.52. The van der Waals surface area contributed by atoms with Crippen LogP contribution in [0.3, 0.4) is 0 Å². The van der Waals surface area contributed by atoms with Gasteiger partial charge in [-0.2, -0.15) is 0 Å². The average molecular weight is 219 g/mol. The standard InChI is InChI=1S/C14H21NO/c1-4-15(11-14(16)12(2)3)10-13-8-6-5-7-9-13/h5-9,12H,4,10-11H2,1-3H3. The molecule has 0 aliphatic heterocycles. The van der Waals surface area contributed by atoms with Crippen LogP contribution in [-0.4, -0.2) is 23.8 Å². The quantitative estimate of drug-likeness (QED) is 0.733. The zero-order valence-electron chi connectivity index (χ0n) is 10.4. The second kappa shape index (κ2) is 6.44. The lowest BCUT2D eigenvalue weighted by atomic mass is 10.1. The van der Waals surface area contributed by atoms with Gasteiger partial charge in [-0.25, -0.2) is 0 Å². The van der Waals surface area contributed by atoms with E-state index in [0.717, 1.165) is 13.1 Å². The Balaban J connectivity index is 2.53. The lowest BCUT2D eigenvalue weighted by Crippen LogP contribution is -2.31. The van der Waals surface area contributed by atoms with Crippen molar-refractivity contribution in [2.75, 3.05) is 13.1 Å². The molecule has 0 atom stereocenters. The van der Waals surface area contributed by atoms with Crippen molar-refractivity contribution in [1.29, 1.82) is 0 Å². The minimum Gasteiger partial charge on any atom is -0.298 e. The smallest absolute Gasteiger partial charge is 0.149 e. The predicted molar refractivity (Wildman–Crippen MR) is 67.2 cm³/mol. The molecule has 0 aromatic heterocycles. The summed E-state index contributed by atoms with van der Waals surface area (Å²) < 4.78 is 0. The molecule has 0 fully saturated rings. The van der Waals surface area contributed by atoms with Crippen LogP contribution in [0.25, 0.3) is 0 Å². The van der Waals surface area contributed by atoms with E-state index in [2.05, 4.69) is 24.0 Å². The van der Waals surface area contributed by atoms with Gasteiger partial charge < -0.3 is 0 Å². The molecule has 0 spiro atoms. The van der Waals surface area contributed by atoms with E-state index in [1.807, 2.05) is 32.0 Å². The number of likely N-dealkylation sites (N-methyl/N-ethyl adjacent to an activating group) is 1. The molecule has 0 saturated carbocycles. The van der Waals surface area contributed by atoms with Crippen molar-refractivity contribution in [2.45, 2.75) is 27.3 Å². The van der Waals surface area contributed by atoms with Crippen LogP contribution in [0.4, 0.5) is 0 Å². The Hall–Kier alpha value is -1.15. The fourth-order valence-electron chi connectivity index (χ4n) is 1.52. The molecular weight excluding hydrogens is 198 g/mol. The maximum Gasteiger partial charge on any atom is 0.149 e. The van der Waals surface area contributed by atoms with E-state index in [1.54, 1.807) is 0 Å². The predicted octanol–water partition coefficient (Wildman–Crippen LogP) is 2.73. The number of hydrogen-bond acceptors (Lipinski definition) is 2. The highest BCUT2D eigenvalue weighted by atomic mass is 16.1. The van der Waals surface area contributed by atoms with Gasteiger partial charge in [0, 0.05) is 12.5 Å². The Morgan fingerprint density at radius 2 is 1.88 bits per heavy atom. The number of rotatable bonds is 6. The van der Waals surface area contributed by atoms with Crippen LogP contribution >= 0.6 is 0 Å². The highest BCUT2D eigenvalue weighted by molar-refractivity contribution is 5.82. The van der Waals surface area contributed by atoms with Crippen LogP contribution < -0.4 is 0 Å². The lowest BCUT2D eigenvalue weighted by Gasteiger charge is -2.20. The Kier molecular flexibility index (Phi) is 5.20. The summed E-state index contributed by atoms with van der Waals surface area (Å²) in [6, 6.07) is 10.3. The van der Waals surface area contributed by atoms with Gasteiger partial charge in [0.15, 0.2) is 0 Å². The number of ketones is 1. The summed E-state index contributed by atoms with van der Waals surface area (Å²) >= 11 is 0. The van der Waals surface area contributed by atoms with E-state index in [-0.39, 0.29) is 5.92 Å². The molecule has 1 aromatic carbocycles. The zero-order chi connectivity index (χ0) is 12.0. The van der Waals surface area contributed by atoms with Crippen LogP contribution in [0.2, 0.25) is 0 Å². The Morgan fingerprint density at radius 3 is 2.38 bits per heavy atom. The average Bonchev–Trinajstić information content (AvgIpc) is 2.29. The summed E-state index contributed by atoms with van der Waals surface area (Å²) in [7, 11) is 0. The zero-order valence-corrected chi connectivity index (χ0v) is 10.4. The minimum atomic E-state index is 0.129. The third-order valence-electron chi connectivity index (χ3n) is 2.72. The number of Topliss-reactive ketones (excluding diaryl/α,β-unsaturated/α-hetero) is 1. The van der Waals surface area contributed by atoms with Crippen molar-refractivity contribution in [3.05, 3.63) is 35.9 Å². The summed E-state index contributed by atoms with van der Waals surface area (Å²) in [5.41, 5.74) is 1.26. The van der Waals surface area contributed by atoms with Gasteiger partial charge in [0.25, 0.3) is 0 Å². The summed E-state index contributed by atoms with van der Waals surface area (Å²) in [6.45, 7) is 8.33. The molecule has 1 rings (SSSR count). The van der Waals surface area contributed by atoms with E-state index >= 15 is 0 Å². The Morgan fingerprint density at radius 1 is 1.25 bits per heavy atom. The number of nitrogens with zero attached hydrogens (tertiary/aromatic N) is 1. The van der Waals surface area contributed by atoms with Gasteiger partial charge in [-0.1, -0.05) is 51.1 Å². The first-order valence-corrected chi connectivity index (χ1v) is 5.92. The summed E-state index contributed by atoms with van der Waals surface area (Å²) in [6.07, 6.45) is 0. The Labute approximate surface area is 98.3 Å². The molecule has 1 aromatic rings. The molecule has 0 N–H and O–H groups in total. The normalized spacial score (nSPS) is 11.1. The third-order valence-corrected chi connectivity index (χ3v) is 2.72. The molecule has 0 bridgehead atoms. The molecule has 2 nitrogen and oxygen atoms in total. The van der Waals surface area contributed by atoms with Gasteiger partial charge >= 0.3 is 0 Å². The number of hydrogen-bond donors (Lipinski definition) is 0. The highest BCUT2D eigenvalue weighted by Crippen LogP contribution is 2.05.